The van der Waals surface area contributed by atoms with Crippen LogP contribution in [0, 0.1) is 0 Å². The second-order valence-corrected chi connectivity index (χ2v) is 6.52. The number of halogens is 3. The molecule has 0 saturated carbocycles. The van der Waals surface area contributed by atoms with Crippen LogP contribution in [0.2, 0.25) is 0 Å². The number of Topliss-reactive ketones (excluding diaryl/α,β-unsaturated/α-hetero) is 1. The quantitative estimate of drug-likeness (QED) is 0.644. The van der Waals surface area contributed by atoms with Gasteiger partial charge in [-0.2, -0.15) is 13.2 Å². The molecule has 1 N–H and O–H groups in total. The van der Waals surface area contributed by atoms with E-state index in [1.54, 1.807) is 24.3 Å². The number of hydrogen-bond donors (Lipinski definition) is 1. The Morgan fingerprint density at radius 1 is 1.24 bits per heavy atom. The molecule has 1 heterocycles. The molecule has 0 aliphatic rings. The fourth-order valence-corrected chi connectivity index (χ4v) is 2.82. The second kappa shape index (κ2) is 7.26. The third-order valence-corrected chi connectivity index (χ3v) is 4.44. The highest BCUT2D eigenvalue weighted by atomic mass is 32.2. The fourth-order valence-electron chi connectivity index (χ4n) is 2.01. The first-order valence-corrected chi connectivity index (χ1v) is 8.03. The van der Waals surface area contributed by atoms with Crippen molar-refractivity contribution >= 4 is 29.1 Å². The highest BCUT2D eigenvalue weighted by Crippen LogP contribution is 2.31. The first-order valence-electron chi connectivity index (χ1n) is 7.15. The second-order valence-electron chi connectivity index (χ2n) is 5.21. The van der Waals surface area contributed by atoms with Gasteiger partial charge in [-0.15, -0.1) is 10.2 Å². The van der Waals surface area contributed by atoms with Crippen LogP contribution in [0.5, 0.6) is 0 Å². The van der Waals surface area contributed by atoms with Gasteiger partial charge in [-0.1, -0.05) is 23.9 Å². The minimum Gasteiger partial charge on any atom is -0.324 e. The maximum atomic E-state index is 12.7. The summed E-state index contributed by atoms with van der Waals surface area (Å²) in [5.41, 5.74) is 0.701. The lowest BCUT2D eigenvalue weighted by Gasteiger charge is -2.13. The van der Waals surface area contributed by atoms with Crippen LogP contribution < -0.4 is 5.32 Å². The minimum atomic E-state index is -4.62. The fraction of sp³-hybridized carbons (Fsp3) is 0.333. The van der Waals surface area contributed by atoms with Crippen molar-refractivity contribution in [2.24, 2.45) is 7.05 Å². The van der Waals surface area contributed by atoms with Crippen LogP contribution in [0.15, 0.2) is 29.4 Å². The molecule has 2 rings (SSSR count). The maximum absolute atomic E-state index is 12.7. The van der Waals surface area contributed by atoms with Gasteiger partial charge in [-0.05, 0) is 26.0 Å². The van der Waals surface area contributed by atoms with E-state index in [1.807, 2.05) is 0 Å². The summed E-state index contributed by atoms with van der Waals surface area (Å²) in [6.07, 6.45) is -4.62. The molecule has 25 heavy (non-hydrogen) atoms. The Labute approximate surface area is 145 Å². The van der Waals surface area contributed by atoms with E-state index in [4.69, 9.17) is 0 Å². The van der Waals surface area contributed by atoms with Gasteiger partial charge in [0.15, 0.2) is 10.9 Å². The van der Waals surface area contributed by atoms with Crippen molar-refractivity contribution in [3.63, 3.8) is 0 Å². The van der Waals surface area contributed by atoms with Crippen LogP contribution >= 0.6 is 11.8 Å². The van der Waals surface area contributed by atoms with Gasteiger partial charge in [0.25, 0.3) is 0 Å². The molecule has 0 bridgehead atoms. The molecular formula is C15H15F3N4O2S. The van der Waals surface area contributed by atoms with E-state index >= 15 is 0 Å². The highest BCUT2D eigenvalue weighted by Gasteiger charge is 2.37. The molecule has 0 saturated heterocycles. The third kappa shape index (κ3) is 4.38. The molecule has 0 radical (unpaired) electrons. The zero-order valence-electron chi connectivity index (χ0n) is 13.6. The highest BCUT2D eigenvalue weighted by molar-refractivity contribution is 8.00. The van der Waals surface area contributed by atoms with Gasteiger partial charge in [-0.3, -0.25) is 9.59 Å². The van der Waals surface area contributed by atoms with Crippen molar-refractivity contribution in [1.82, 2.24) is 14.8 Å². The summed E-state index contributed by atoms with van der Waals surface area (Å²) in [5, 5.41) is 8.42. The smallest absolute Gasteiger partial charge is 0.324 e. The number of carbonyl (C=O) groups is 2. The number of ketones is 1. The third-order valence-electron chi connectivity index (χ3n) is 3.30. The largest absolute Gasteiger partial charge is 0.451 e. The van der Waals surface area contributed by atoms with Crippen molar-refractivity contribution in [3.05, 3.63) is 35.7 Å². The molecule has 0 spiro atoms. The first-order chi connectivity index (χ1) is 11.6. The Bertz CT molecular complexity index is 804. The van der Waals surface area contributed by atoms with Crippen molar-refractivity contribution in [2.75, 3.05) is 5.32 Å². The number of anilines is 1. The molecular weight excluding hydrogens is 357 g/mol. The lowest BCUT2D eigenvalue weighted by Crippen LogP contribution is -2.24. The number of thioether (sulfide) groups is 1. The molecule has 0 aliphatic heterocycles. The lowest BCUT2D eigenvalue weighted by atomic mass is 10.1. The summed E-state index contributed by atoms with van der Waals surface area (Å²) >= 11 is 0.841. The Hall–Kier alpha value is -2.36. The Morgan fingerprint density at radius 2 is 1.88 bits per heavy atom. The summed E-state index contributed by atoms with van der Waals surface area (Å²) < 4.78 is 39.0. The Balaban J connectivity index is 2.12. The van der Waals surface area contributed by atoms with Crippen molar-refractivity contribution in [2.45, 2.75) is 30.4 Å². The number of para-hydroxylation sites is 1. The molecule has 1 atom stereocenters. The maximum Gasteiger partial charge on any atom is 0.451 e. The number of amides is 1. The molecule has 0 aliphatic carbocycles. The lowest BCUT2D eigenvalue weighted by molar-refractivity contribution is -0.147. The van der Waals surface area contributed by atoms with Gasteiger partial charge in [-0.25, -0.2) is 0 Å². The summed E-state index contributed by atoms with van der Waals surface area (Å²) in [7, 11) is 1.18. The molecule has 0 fully saturated rings. The molecule has 1 aromatic carbocycles. The number of hydrogen-bond acceptors (Lipinski definition) is 5. The van der Waals surface area contributed by atoms with E-state index in [0.29, 0.717) is 11.3 Å². The molecule has 1 aromatic heterocycles. The van der Waals surface area contributed by atoms with Crippen LogP contribution in [0.25, 0.3) is 0 Å². The van der Waals surface area contributed by atoms with Crippen molar-refractivity contribution in [1.29, 1.82) is 0 Å². The zero-order valence-corrected chi connectivity index (χ0v) is 14.4. The van der Waals surface area contributed by atoms with Gasteiger partial charge in [0.05, 0.1) is 10.9 Å². The van der Waals surface area contributed by atoms with E-state index in [9.17, 15) is 22.8 Å². The van der Waals surface area contributed by atoms with Crippen LogP contribution in [0.4, 0.5) is 18.9 Å². The predicted octanol–water partition coefficient (Wildman–Crippen LogP) is 3.16. The molecule has 10 heteroatoms. The summed E-state index contributed by atoms with van der Waals surface area (Å²) in [4.78, 5) is 23.8. The molecule has 2 aromatic rings. The predicted molar refractivity (Wildman–Crippen MR) is 86.4 cm³/mol. The van der Waals surface area contributed by atoms with E-state index < -0.39 is 23.2 Å². The van der Waals surface area contributed by atoms with Crippen molar-refractivity contribution < 1.29 is 22.8 Å². The average Bonchev–Trinajstić information content (AvgIpc) is 2.88. The van der Waals surface area contributed by atoms with Gasteiger partial charge in [0.1, 0.15) is 0 Å². The van der Waals surface area contributed by atoms with Crippen LogP contribution in [0.1, 0.15) is 30.0 Å². The van der Waals surface area contributed by atoms with E-state index in [2.05, 4.69) is 15.5 Å². The molecule has 0 unspecified atom stereocenters. The zero-order chi connectivity index (χ0) is 18.8. The Morgan fingerprint density at radius 3 is 2.44 bits per heavy atom. The van der Waals surface area contributed by atoms with E-state index in [1.165, 1.54) is 20.9 Å². The van der Waals surface area contributed by atoms with Crippen molar-refractivity contribution in [3.8, 4) is 0 Å². The topological polar surface area (TPSA) is 76.9 Å². The normalized spacial score (nSPS) is 12.7. The number of benzene rings is 1. The number of aromatic nitrogens is 3. The number of alkyl halides is 3. The monoisotopic (exact) mass is 372 g/mol. The summed E-state index contributed by atoms with van der Waals surface area (Å²) in [5.74, 6) is -1.81. The minimum absolute atomic E-state index is 0.0326. The van der Waals surface area contributed by atoms with Gasteiger partial charge >= 0.3 is 6.18 Å². The average molecular weight is 372 g/mol. The molecule has 1 amide bonds. The van der Waals surface area contributed by atoms with E-state index in [0.717, 1.165) is 16.3 Å². The number of carbonyl (C=O) groups excluding carboxylic acids is 2. The SMILES string of the molecule is CC(=O)c1ccccc1NC(=O)[C@H](C)Sc1nnc(C(F)(F)F)n1C. The number of nitrogens with one attached hydrogen (secondary N) is 1. The number of rotatable bonds is 5. The van der Waals surface area contributed by atoms with Crippen LogP contribution in [-0.2, 0) is 18.0 Å². The van der Waals surface area contributed by atoms with Crippen LogP contribution in [0.3, 0.4) is 0 Å². The first kappa shape index (κ1) is 19.0. The van der Waals surface area contributed by atoms with Gasteiger partial charge in [0, 0.05) is 12.6 Å². The standard InChI is InChI=1S/C15H15F3N4O2S/c1-8(23)10-6-4-5-7-11(10)19-12(24)9(2)25-14-21-20-13(22(14)3)15(16,17)18/h4-7,9H,1-3H3,(H,19,24)/t9-/m0/s1. The molecule has 134 valence electrons. The van der Waals surface area contributed by atoms with Gasteiger partial charge in [0.2, 0.25) is 11.7 Å². The van der Waals surface area contributed by atoms with Crippen LogP contribution in [-0.4, -0.2) is 31.7 Å². The van der Waals surface area contributed by atoms with Gasteiger partial charge < -0.3 is 9.88 Å². The van der Waals surface area contributed by atoms with E-state index in [-0.39, 0.29) is 10.9 Å². The summed E-state index contributed by atoms with van der Waals surface area (Å²) in [6, 6.07) is 6.49. The Kier molecular flexibility index (Phi) is 5.51. The summed E-state index contributed by atoms with van der Waals surface area (Å²) in [6.45, 7) is 2.90. The number of nitrogens with zero attached hydrogens (tertiary/aromatic N) is 3. The molecule has 6 nitrogen and oxygen atoms in total.